The SMILES string of the molecule is O=C(Nc1ccc(F)cc1)N(Cc1cccs1)C[C@@H]1CCCO1. The Kier molecular flexibility index (Phi) is 5.25. The van der Waals surface area contributed by atoms with Crippen LogP contribution in [0.3, 0.4) is 0 Å². The quantitative estimate of drug-likeness (QED) is 0.894. The summed E-state index contributed by atoms with van der Waals surface area (Å²) in [6, 6.07) is 9.57. The van der Waals surface area contributed by atoms with Crippen LogP contribution >= 0.6 is 11.3 Å². The Labute approximate surface area is 138 Å². The number of halogens is 1. The molecule has 1 aliphatic rings. The second kappa shape index (κ2) is 7.57. The molecule has 0 aliphatic carbocycles. The highest BCUT2D eigenvalue weighted by atomic mass is 32.1. The van der Waals surface area contributed by atoms with E-state index in [9.17, 15) is 9.18 Å². The van der Waals surface area contributed by atoms with E-state index in [1.165, 1.54) is 12.1 Å². The van der Waals surface area contributed by atoms with E-state index >= 15 is 0 Å². The molecule has 122 valence electrons. The van der Waals surface area contributed by atoms with Crippen molar-refractivity contribution in [3.05, 3.63) is 52.5 Å². The van der Waals surface area contributed by atoms with Crippen molar-refractivity contribution < 1.29 is 13.9 Å². The smallest absolute Gasteiger partial charge is 0.322 e. The van der Waals surface area contributed by atoms with E-state index in [0.717, 1.165) is 24.3 Å². The van der Waals surface area contributed by atoms with E-state index in [2.05, 4.69) is 5.32 Å². The fraction of sp³-hybridized carbons (Fsp3) is 0.353. The van der Waals surface area contributed by atoms with Gasteiger partial charge in [0.2, 0.25) is 0 Å². The number of urea groups is 1. The highest BCUT2D eigenvalue weighted by Gasteiger charge is 2.23. The lowest BCUT2D eigenvalue weighted by molar-refractivity contribution is 0.0821. The Hall–Kier alpha value is -1.92. The Bertz CT molecular complexity index is 625. The van der Waals surface area contributed by atoms with Gasteiger partial charge in [-0.3, -0.25) is 0 Å². The van der Waals surface area contributed by atoms with Crippen molar-refractivity contribution >= 4 is 23.1 Å². The van der Waals surface area contributed by atoms with Gasteiger partial charge in [0, 0.05) is 23.7 Å². The van der Waals surface area contributed by atoms with E-state index in [0.29, 0.717) is 18.8 Å². The number of benzene rings is 1. The van der Waals surface area contributed by atoms with E-state index in [-0.39, 0.29) is 18.0 Å². The van der Waals surface area contributed by atoms with Crippen molar-refractivity contribution in [2.24, 2.45) is 0 Å². The second-order valence-electron chi connectivity index (χ2n) is 5.53. The summed E-state index contributed by atoms with van der Waals surface area (Å²) < 4.78 is 18.6. The molecule has 1 saturated heterocycles. The lowest BCUT2D eigenvalue weighted by atomic mass is 10.2. The molecule has 4 nitrogen and oxygen atoms in total. The summed E-state index contributed by atoms with van der Waals surface area (Å²) in [4.78, 5) is 15.5. The highest BCUT2D eigenvalue weighted by molar-refractivity contribution is 7.09. The summed E-state index contributed by atoms with van der Waals surface area (Å²) >= 11 is 1.62. The standard InChI is InChI=1S/C17H19FN2O2S/c18-13-5-7-14(8-6-13)19-17(21)20(11-15-3-1-9-22-15)12-16-4-2-10-23-16/h2,4-8,10,15H,1,3,9,11-12H2,(H,19,21)/t15-/m0/s1. The fourth-order valence-electron chi connectivity index (χ4n) is 2.58. The number of hydrogen-bond acceptors (Lipinski definition) is 3. The molecule has 1 fully saturated rings. The maximum absolute atomic E-state index is 13.0. The molecule has 1 atom stereocenters. The number of hydrogen-bond donors (Lipinski definition) is 1. The molecule has 1 aliphatic heterocycles. The summed E-state index contributed by atoms with van der Waals surface area (Å²) in [6.45, 7) is 1.87. The minimum absolute atomic E-state index is 0.0916. The molecule has 1 aromatic heterocycles. The molecular formula is C17H19FN2O2S. The zero-order chi connectivity index (χ0) is 16.1. The first kappa shape index (κ1) is 16.0. The number of rotatable bonds is 5. The maximum Gasteiger partial charge on any atom is 0.322 e. The van der Waals surface area contributed by atoms with Crippen LogP contribution in [-0.2, 0) is 11.3 Å². The molecule has 0 spiro atoms. The molecule has 0 bridgehead atoms. The first-order valence-electron chi connectivity index (χ1n) is 7.66. The molecule has 0 saturated carbocycles. The van der Waals surface area contributed by atoms with Crippen LogP contribution in [0.5, 0.6) is 0 Å². The van der Waals surface area contributed by atoms with Gasteiger partial charge in [-0.05, 0) is 48.6 Å². The molecule has 1 aromatic carbocycles. The third-order valence-corrected chi connectivity index (χ3v) is 4.62. The van der Waals surface area contributed by atoms with Gasteiger partial charge in [-0.25, -0.2) is 9.18 Å². The molecule has 2 heterocycles. The van der Waals surface area contributed by atoms with Crippen molar-refractivity contribution in [1.82, 2.24) is 4.90 Å². The molecule has 6 heteroatoms. The number of amides is 2. The fourth-order valence-corrected chi connectivity index (χ4v) is 3.30. The monoisotopic (exact) mass is 334 g/mol. The van der Waals surface area contributed by atoms with Gasteiger partial charge in [-0.15, -0.1) is 11.3 Å². The van der Waals surface area contributed by atoms with E-state index < -0.39 is 0 Å². The number of nitrogens with zero attached hydrogens (tertiary/aromatic N) is 1. The largest absolute Gasteiger partial charge is 0.376 e. The van der Waals surface area contributed by atoms with Crippen LogP contribution in [0, 0.1) is 5.82 Å². The van der Waals surface area contributed by atoms with Crippen LogP contribution in [0.1, 0.15) is 17.7 Å². The van der Waals surface area contributed by atoms with Crippen molar-refractivity contribution in [2.75, 3.05) is 18.5 Å². The predicted octanol–water partition coefficient (Wildman–Crippen LogP) is 4.10. The van der Waals surface area contributed by atoms with Crippen molar-refractivity contribution in [2.45, 2.75) is 25.5 Å². The molecular weight excluding hydrogens is 315 g/mol. The molecule has 2 amide bonds. The summed E-state index contributed by atoms with van der Waals surface area (Å²) in [6.07, 6.45) is 2.11. The summed E-state index contributed by atoms with van der Waals surface area (Å²) in [5.74, 6) is -0.321. The predicted molar refractivity (Wildman–Crippen MR) is 89.1 cm³/mol. The highest BCUT2D eigenvalue weighted by Crippen LogP contribution is 2.18. The first-order chi connectivity index (χ1) is 11.2. The van der Waals surface area contributed by atoms with E-state index in [1.54, 1.807) is 28.4 Å². The summed E-state index contributed by atoms with van der Waals surface area (Å²) in [5.41, 5.74) is 0.583. The molecule has 1 N–H and O–H groups in total. The topological polar surface area (TPSA) is 41.6 Å². The number of carbonyl (C=O) groups is 1. The van der Waals surface area contributed by atoms with Crippen LogP contribution in [0.25, 0.3) is 0 Å². The summed E-state index contributed by atoms with van der Waals surface area (Å²) in [7, 11) is 0. The van der Waals surface area contributed by atoms with Gasteiger partial charge in [-0.1, -0.05) is 6.07 Å². The third kappa shape index (κ3) is 4.53. The average molecular weight is 334 g/mol. The Balaban J connectivity index is 1.67. The van der Waals surface area contributed by atoms with Crippen molar-refractivity contribution in [3.63, 3.8) is 0 Å². The van der Waals surface area contributed by atoms with E-state index in [1.807, 2.05) is 17.5 Å². The van der Waals surface area contributed by atoms with Crippen LogP contribution in [0.2, 0.25) is 0 Å². The summed E-state index contributed by atoms with van der Waals surface area (Å²) in [5, 5.41) is 4.82. The number of carbonyl (C=O) groups excluding carboxylic acids is 1. The van der Waals surface area contributed by atoms with Gasteiger partial charge >= 0.3 is 6.03 Å². The van der Waals surface area contributed by atoms with Crippen LogP contribution in [0.4, 0.5) is 14.9 Å². The van der Waals surface area contributed by atoms with Crippen LogP contribution in [0.15, 0.2) is 41.8 Å². The minimum Gasteiger partial charge on any atom is -0.376 e. The lowest BCUT2D eigenvalue weighted by Crippen LogP contribution is -2.39. The number of thiophene rings is 1. The van der Waals surface area contributed by atoms with Gasteiger partial charge in [-0.2, -0.15) is 0 Å². The zero-order valence-electron chi connectivity index (χ0n) is 12.7. The van der Waals surface area contributed by atoms with Gasteiger partial charge in [0.05, 0.1) is 12.6 Å². The Morgan fingerprint density at radius 2 is 2.17 bits per heavy atom. The van der Waals surface area contributed by atoms with Crippen LogP contribution < -0.4 is 5.32 Å². The van der Waals surface area contributed by atoms with E-state index in [4.69, 9.17) is 4.74 Å². The van der Waals surface area contributed by atoms with Gasteiger partial charge < -0.3 is 15.0 Å². The second-order valence-corrected chi connectivity index (χ2v) is 6.56. The number of ether oxygens (including phenoxy) is 1. The molecule has 2 aromatic rings. The van der Waals surface area contributed by atoms with Crippen LogP contribution in [-0.4, -0.2) is 30.2 Å². The molecule has 23 heavy (non-hydrogen) atoms. The average Bonchev–Trinajstić information content (AvgIpc) is 3.22. The Morgan fingerprint density at radius 3 is 2.83 bits per heavy atom. The third-order valence-electron chi connectivity index (χ3n) is 3.76. The van der Waals surface area contributed by atoms with Crippen molar-refractivity contribution in [1.29, 1.82) is 0 Å². The Morgan fingerprint density at radius 1 is 1.35 bits per heavy atom. The van der Waals surface area contributed by atoms with Gasteiger partial charge in [0.15, 0.2) is 0 Å². The van der Waals surface area contributed by atoms with Gasteiger partial charge in [0.1, 0.15) is 5.82 Å². The molecule has 0 unspecified atom stereocenters. The molecule has 3 rings (SSSR count). The maximum atomic E-state index is 13.0. The normalized spacial score (nSPS) is 17.2. The van der Waals surface area contributed by atoms with Gasteiger partial charge in [0.25, 0.3) is 0 Å². The zero-order valence-corrected chi connectivity index (χ0v) is 13.5. The van der Waals surface area contributed by atoms with Crippen molar-refractivity contribution in [3.8, 4) is 0 Å². The lowest BCUT2D eigenvalue weighted by Gasteiger charge is -2.25. The molecule has 0 radical (unpaired) electrons. The number of anilines is 1. The number of nitrogens with one attached hydrogen (secondary N) is 1. The minimum atomic E-state index is -0.321. The first-order valence-corrected chi connectivity index (χ1v) is 8.54.